The standard InChI is InChI=1S/C21H28N2O5/c1-15-11-20(2,3)14-21(12-15)18(25)23(19(26)22-21)13-17(24)28-10-9-27-16-7-5-4-6-8-16/h4-8,15H,9-14H2,1-3H3,(H,22,26)/t15-,21+/m1/s1. The van der Waals surface area contributed by atoms with Gasteiger partial charge in [-0.25, -0.2) is 4.79 Å². The second-order valence-corrected chi connectivity index (χ2v) is 8.64. The molecule has 0 aromatic heterocycles. The summed E-state index contributed by atoms with van der Waals surface area (Å²) < 4.78 is 10.6. The van der Waals surface area contributed by atoms with Crippen LogP contribution in [-0.4, -0.2) is 48.1 Å². The summed E-state index contributed by atoms with van der Waals surface area (Å²) in [5.74, 6) is 0.0496. The Kier molecular flexibility index (Phi) is 5.63. The Hall–Kier alpha value is -2.57. The number of amides is 3. The highest BCUT2D eigenvalue weighted by molar-refractivity contribution is 6.08. The van der Waals surface area contributed by atoms with Gasteiger partial charge in [0.05, 0.1) is 0 Å². The number of urea groups is 1. The van der Waals surface area contributed by atoms with E-state index in [9.17, 15) is 14.4 Å². The van der Waals surface area contributed by atoms with Crippen LogP contribution in [0.5, 0.6) is 5.75 Å². The SMILES string of the molecule is C[C@@H]1CC(C)(C)C[C@]2(C1)NC(=O)N(CC(=O)OCCOc1ccccc1)C2=O. The summed E-state index contributed by atoms with van der Waals surface area (Å²) in [5, 5.41) is 2.85. The summed E-state index contributed by atoms with van der Waals surface area (Å²) in [7, 11) is 0. The van der Waals surface area contributed by atoms with Crippen LogP contribution in [0, 0.1) is 11.3 Å². The summed E-state index contributed by atoms with van der Waals surface area (Å²) in [6.07, 6.45) is 2.17. The fourth-order valence-electron chi connectivity index (χ4n) is 4.66. The maximum atomic E-state index is 13.0. The van der Waals surface area contributed by atoms with E-state index in [1.54, 1.807) is 12.1 Å². The monoisotopic (exact) mass is 388 g/mol. The van der Waals surface area contributed by atoms with Gasteiger partial charge in [-0.15, -0.1) is 0 Å². The van der Waals surface area contributed by atoms with E-state index in [4.69, 9.17) is 9.47 Å². The van der Waals surface area contributed by atoms with Crippen molar-refractivity contribution in [2.75, 3.05) is 19.8 Å². The fraction of sp³-hybridized carbons (Fsp3) is 0.571. The Balaban J connectivity index is 1.52. The zero-order chi connectivity index (χ0) is 20.4. The van der Waals surface area contributed by atoms with E-state index < -0.39 is 17.5 Å². The predicted molar refractivity (Wildman–Crippen MR) is 103 cm³/mol. The van der Waals surface area contributed by atoms with Crippen molar-refractivity contribution in [2.45, 2.75) is 45.6 Å². The summed E-state index contributed by atoms with van der Waals surface area (Å²) in [5.41, 5.74) is -0.957. The van der Waals surface area contributed by atoms with E-state index in [2.05, 4.69) is 26.1 Å². The predicted octanol–water partition coefficient (Wildman–Crippen LogP) is 2.75. The average molecular weight is 388 g/mol. The van der Waals surface area contributed by atoms with Crippen LogP contribution in [0.25, 0.3) is 0 Å². The first-order valence-electron chi connectivity index (χ1n) is 9.68. The molecule has 0 unspecified atom stereocenters. The number of rotatable bonds is 6. The molecule has 152 valence electrons. The zero-order valence-corrected chi connectivity index (χ0v) is 16.7. The second kappa shape index (κ2) is 7.81. The lowest BCUT2D eigenvalue weighted by molar-refractivity contribution is -0.149. The number of nitrogens with zero attached hydrogens (tertiary/aromatic N) is 1. The van der Waals surface area contributed by atoms with Crippen molar-refractivity contribution in [3.8, 4) is 5.75 Å². The molecule has 0 radical (unpaired) electrons. The quantitative estimate of drug-likeness (QED) is 0.460. The molecule has 1 saturated heterocycles. The van der Waals surface area contributed by atoms with Crippen LogP contribution >= 0.6 is 0 Å². The molecule has 1 spiro atoms. The Morgan fingerprint density at radius 2 is 1.89 bits per heavy atom. The number of para-hydroxylation sites is 1. The van der Waals surface area contributed by atoms with E-state index >= 15 is 0 Å². The van der Waals surface area contributed by atoms with Gasteiger partial charge in [0.25, 0.3) is 5.91 Å². The second-order valence-electron chi connectivity index (χ2n) is 8.64. The van der Waals surface area contributed by atoms with Gasteiger partial charge in [-0.3, -0.25) is 14.5 Å². The fourth-order valence-corrected chi connectivity index (χ4v) is 4.66. The normalized spacial score (nSPS) is 26.2. The smallest absolute Gasteiger partial charge is 0.326 e. The van der Waals surface area contributed by atoms with Crippen molar-refractivity contribution < 1.29 is 23.9 Å². The molecule has 2 atom stereocenters. The Morgan fingerprint density at radius 1 is 1.18 bits per heavy atom. The number of hydrogen-bond acceptors (Lipinski definition) is 5. The van der Waals surface area contributed by atoms with Crippen molar-refractivity contribution in [1.29, 1.82) is 0 Å². The summed E-state index contributed by atoms with van der Waals surface area (Å²) in [6.45, 7) is 6.16. The lowest BCUT2D eigenvalue weighted by Crippen LogP contribution is -2.54. The third-order valence-electron chi connectivity index (χ3n) is 5.27. The van der Waals surface area contributed by atoms with Crippen molar-refractivity contribution in [2.24, 2.45) is 11.3 Å². The van der Waals surface area contributed by atoms with E-state index in [0.717, 1.165) is 11.3 Å². The van der Waals surface area contributed by atoms with Gasteiger partial charge in [-0.1, -0.05) is 39.0 Å². The molecular weight excluding hydrogens is 360 g/mol. The van der Waals surface area contributed by atoms with Crippen molar-refractivity contribution in [3.63, 3.8) is 0 Å². The third-order valence-corrected chi connectivity index (χ3v) is 5.27. The highest BCUT2D eigenvalue weighted by Gasteiger charge is 2.56. The Morgan fingerprint density at radius 3 is 2.57 bits per heavy atom. The van der Waals surface area contributed by atoms with E-state index in [-0.39, 0.29) is 31.1 Å². The van der Waals surface area contributed by atoms with Crippen LogP contribution in [-0.2, 0) is 14.3 Å². The van der Waals surface area contributed by atoms with Crippen molar-refractivity contribution in [3.05, 3.63) is 30.3 Å². The Bertz CT molecular complexity index is 748. The summed E-state index contributed by atoms with van der Waals surface area (Å²) in [4.78, 5) is 38.5. The first-order chi connectivity index (χ1) is 13.2. The van der Waals surface area contributed by atoms with E-state index in [1.165, 1.54) is 0 Å². The average Bonchev–Trinajstić information content (AvgIpc) is 2.81. The van der Waals surface area contributed by atoms with Crippen LogP contribution in [0.4, 0.5) is 4.79 Å². The number of benzene rings is 1. The van der Waals surface area contributed by atoms with Gasteiger partial charge in [0.1, 0.15) is 31.0 Å². The minimum atomic E-state index is -0.908. The molecule has 7 nitrogen and oxygen atoms in total. The van der Waals surface area contributed by atoms with Crippen LogP contribution < -0.4 is 10.1 Å². The van der Waals surface area contributed by atoms with Gasteiger partial charge in [0.15, 0.2) is 0 Å². The molecule has 2 aliphatic rings. The number of hydrogen-bond donors (Lipinski definition) is 1. The summed E-state index contributed by atoms with van der Waals surface area (Å²) >= 11 is 0. The summed E-state index contributed by atoms with van der Waals surface area (Å²) in [6, 6.07) is 8.67. The molecule has 1 aliphatic carbocycles. The molecule has 1 aromatic carbocycles. The van der Waals surface area contributed by atoms with E-state index in [1.807, 2.05) is 18.2 Å². The van der Waals surface area contributed by atoms with E-state index in [0.29, 0.717) is 24.5 Å². The van der Waals surface area contributed by atoms with Crippen LogP contribution in [0.1, 0.15) is 40.0 Å². The molecule has 1 N–H and O–H groups in total. The zero-order valence-electron chi connectivity index (χ0n) is 16.7. The number of imide groups is 1. The largest absolute Gasteiger partial charge is 0.490 e. The number of esters is 1. The number of carbonyl (C=O) groups is 3. The molecule has 1 heterocycles. The minimum absolute atomic E-state index is 0.0482. The topological polar surface area (TPSA) is 84.9 Å². The third kappa shape index (κ3) is 4.46. The molecule has 0 bridgehead atoms. The van der Waals surface area contributed by atoms with Crippen LogP contribution in [0.15, 0.2) is 30.3 Å². The maximum absolute atomic E-state index is 13.0. The molecule has 1 saturated carbocycles. The van der Waals surface area contributed by atoms with Gasteiger partial charge < -0.3 is 14.8 Å². The molecule has 1 aromatic rings. The molecule has 3 amide bonds. The maximum Gasteiger partial charge on any atom is 0.326 e. The Labute approximate surface area is 165 Å². The van der Waals surface area contributed by atoms with Crippen molar-refractivity contribution >= 4 is 17.9 Å². The highest BCUT2D eigenvalue weighted by Crippen LogP contribution is 2.46. The number of nitrogens with one attached hydrogen (secondary N) is 1. The molecule has 2 fully saturated rings. The van der Waals surface area contributed by atoms with Gasteiger partial charge >= 0.3 is 12.0 Å². The lowest BCUT2D eigenvalue weighted by Gasteiger charge is -2.43. The lowest BCUT2D eigenvalue weighted by atomic mass is 9.64. The number of carbonyl (C=O) groups excluding carboxylic acids is 3. The number of ether oxygens (including phenoxy) is 2. The van der Waals surface area contributed by atoms with Gasteiger partial charge in [-0.2, -0.15) is 0 Å². The molecule has 7 heteroatoms. The molecular formula is C21H28N2O5. The molecule has 3 rings (SSSR count). The van der Waals surface area contributed by atoms with Crippen LogP contribution in [0.2, 0.25) is 0 Å². The van der Waals surface area contributed by atoms with Crippen LogP contribution in [0.3, 0.4) is 0 Å². The first kappa shape index (κ1) is 20.2. The highest BCUT2D eigenvalue weighted by atomic mass is 16.6. The first-order valence-corrected chi connectivity index (χ1v) is 9.68. The van der Waals surface area contributed by atoms with Gasteiger partial charge in [0, 0.05) is 0 Å². The van der Waals surface area contributed by atoms with Gasteiger partial charge in [-0.05, 0) is 42.7 Å². The minimum Gasteiger partial charge on any atom is -0.490 e. The van der Waals surface area contributed by atoms with Gasteiger partial charge in [0.2, 0.25) is 0 Å². The molecule has 28 heavy (non-hydrogen) atoms. The molecule has 1 aliphatic heterocycles. The van der Waals surface area contributed by atoms with Crippen molar-refractivity contribution in [1.82, 2.24) is 10.2 Å².